The predicted molar refractivity (Wildman–Crippen MR) is 93.3 cm³/mol. The number of amides is 1. The summed E-state index contributed by atoms with van der Waals surface area (Å²) in [7, 11) is 0. The van der Waals surface area contributed by atoms with Gasteiger partial charge in [0.1, 0.15) is 11.6 Å². The number of rotatable bonds is 5. The Morgan fingerprint density at radius 3 is 3.00 bits per heavy atom. The molecule has 0 saturated carbocycles. The van der Waals surface area contributed by atoms with E-state index in [9.17, 15) is 9.18 Å². The summed E-state index contributed by atoms with van der Waals surface area (Å²) in [4.78, 5) is 12.3. The first-order valence-corrected chi connectivity index (χ1v) is 8.49. The van der Waals surface area contributed by atoms with Crippen LogP contribution in [0.5, 0.6) is 0 Å². The Balaban J connectivity index is 1.42. The van der Waals surface area contributed by atoms with E-state index in [1.807, 2.05) is 0 Å². The highest BCUT2D eigenvalue weighted by Gasteiger charge is 2.18. The van der Waals surface area contributed by atoms with Crippen LogP contribution in [0.1, 0.15) is 23.4 Å². The van der Waals surface area contributed by atoms with Gasteiger partial charge in [-0.25, -0.2) is 4.39 Å². The summed E-state index contributed by atoms with van der Waals surface area (Å²) in [5, 5.41) is 6.96. The summed E-state index contributed by atoms with van der Waals surface area (Å²) in [6, 6.07) is 9.36. The lowest BCUT2D eigenvalue weighted by atomic mass is 10.1. The van der Waals surface area contributed by atoms with Crippen LogP contribution in [0.15, 0.2) is 53.2 Å². The normalized spacial score (nSPS) is 16.7. The number of furan rings is 1. The number of benzene rings is 1. The number of hydrogen-bond acceptors (Lipinski definition) is 4. The Labute approximate surface area is 149 Å². The molecule has 1 atom stereocenters. The van der Waals surface area contributed by atoms with Crippen LogP contribution in [-0.2, 0) is 11.3 Å². The second-order valence-electron chi connectivity index (χ2n) is 6.18. The van der Waals surface area contributed by atoms with Gasteiger partial charge >= 0.3 is 0 Å². The van der Waals surface area contributed by atoms with Crippen LogP contribution in [0.2, 0.25) is 0 Å². The van der Waals surface area contributed by atoms with Crippen molar-refractivity contribution < 1.29 is 18.3 Å². The summed E-state index contributed by atoms with van der Waals surface area (Å²) >= 11 is 0. The smallest absolute Gasteiger partial charge is 0.291 e. The van der Waals surface area contributed by atoms with E-state index >= 15 is 0 Å². The third-order valence-corrected chi connectivity index (χ3v) is 4.27. The molecule has 3 aromatic rings. The predicted octanol–water partition coefficient (Wildman–Crippen LogP) is 3.71. The first-order chi connectivity index (χ1) is 12.7. The van der Waals surface area contributed by atoms with Gasteiger partial charge in [0.2, 0.25) is 0 Å². The van der Waals surface area contributed by atoms with Gasteiger partial charge in [-0.15, -0.1) is 0 Å². The molecule has 2 aromatic heterocycles. The fourth-order valence-corrected chi connectivity index (χ4v) is 2.98. The van der Waals surface area contributed by atoms with E-state index in [2.05, 4.69) is 10.4 Å². The van der Waals surface area contributed by atoms with Crippen molar-refractivity contribution in [1.29, 1.82) is 0 Å². The number of ether oxygens (including phenoxy) is 1. The van der Waals surface area contributed by atoms with Gasteiger partial charge in [0.15, 0.2) is 5.76 Å². The third-order valence-electron chi connectivity index (χ3n) is 4.27. The summed E-state index contributed by atoms with van der Waals surface area (Å²) in [6.07, 6.45) is 5.59. The largest absolute Gasteiger partial charge is 0.451 e. The molecule has 1 aliphatic heterocycles. The van der Waals surface area contributed by atoms with Gasteiger partial charge in [0, 0.05) is 12.8 Å². The number of aromatic nitrogens is 2. The Morgan fingerprint density at radius 2 is 2.19 bits per heavy atom. The standard InChI is InChI=1S/C19H18FN3O3/c20-16-6-2-1-5-15(16)17-7-8-18(26-17)19(24)22-13-10-21-23(11-13)12-14-4-3-9-25-14/h1-2,5-8,10-11,14H,3-4,9,12H2,(H,22,24). The topological polar surface area (TPSA) is 69.3 Å². The molecule has 6 nitrogen and oxygen atoms in total. The van der Waals surface area contributed by atoms with Crippen molar-refractivity contribution in [2.45, 2.75) is 25.5 Å². The quantitative estimate of drug-likeness (QED) is 0.757. The Hall–Kier alpha value is -2.93. The average molecular weight is 355 g/mol. The SMILES string of the molecule is O=C(Nc1cnn(CC2CCCO2)c1)c1ccc(-c2ccccc2F)o1. The van der Waals surface area contributed by atoms with Crippen molar-refractivity contribution in [3.8, 4) is 11.3 Å². The van der Waals surface area contributed by atoms with E-state index in [-0.39, 0.29) is 11.9 Å². The maximum Gasteiger partial charge on any atom is 0.291 e. The second kappa shape index (κ2) is 7.13. The number of anilines is 1. The fourth-order valence-electron chi connectivity index (χ4n) is 2.98. The Bertz CT molecular complexity index is 912. The van der Waals surface area contributed by atoms with Crippen LogP contribution in [0.25, 0.3) is 11.3 Å². The van der Waals surface area contributed by atoms with Crippen LogP contribution in [-0.4, -0.2) is 28.4 Å². The molecule has 0 spiro atoms. The van der Waals surface area contributed by atoms with Crippen LogP contribution in [0.4, 0.5) is 10.1 Å². The van der Waals surface area contributed by atoms with Gasteiger partial charge in [-0.2, -0.15) is 5.10 Å². The molecule has 26 heavy (non-hydrogen) atoms. The number of hydrogen-bond donors (Lipinski definition) is 1. The van der Waals surface area contributed by atoms with Crippen molar-refractivity contribution in [3.63, 3.8) is 0 Å². The molecule has 1 aromatic carbocycles. The van der Waals surface area contributed by atoms with E-state index < -0.39 is 11.7 Å². The Kier molecular flexibility index (Phi) is 4.53. The molecule has 4 rings (SSSR count). The van der Waals surface area contributed by atoms with Gasteiger partial charge in [-0.05, 0) is 37.1 Å². The van der Waals surface area contributed by atoms with Crippen molar-refractivity contribution in [2.75, 3.05) is 11.9 Å². The molecule has 7 heteroatoms. The lowest BCUT2D eigenvalue weighted by molar-refractivity contribution is 0.0940. The van der Waals surface area contributed by atoms with Crippen LogP contribution >= 0.6 is 0 Å². The number of halogens is 1. The molecule has 1 fully saturated rings. The third kappa shape index (κ3) is 3.52. The number of nitrogens with zero attached hydrogens (tertiary/aromatic N) is 2. The molecular formula is C19H18FN3O3. The molecule has 1 N–H and O–H groups in total. The summed E-state index contributed by atoms with van der Waals surface area (Å²) in [6.45, 7) is 1.45. The van der Waals surface area contributed by atoms with E-state index in [1.54, 1.807) is 41.3 Å². The fraction of sp³-hybridized carbons (Fsp3) is 0.263. The second-order valence-corrected chi connectivity index (χ2v) is 6.18. The first kappa shape index (κ1) is 16.5. The molecular weight excluding hydrogens is 337 g/mol. The first-order valence-electron chi connectivity index (χ1n) is 8.49. The summed E-state index contributed by atoms with van der Waals surface area (Å²) in [5.41, 5.74) is 0.882. The van der Waals surface area contributed by atoms with Crippen LogP contribution in [0.3, 0.4) is 0 Å². The highest BCUT2D eigenvalue weighted by Crippen LogP contribution is 2.25. The lowest BCUT2D eigenvalue weighted by Crippen LogP contribution is -2.15. The van der Waals surface area contributed by atoms with E-state index in [4.69, 9.17) is 9.15 Å². The van der Waals surface area contributed by atoms with Gasteiger partial charge in [0.05, 0.1) is 30.1 Å². The molecule has 3 heterocycles. The Morgan fingerprint density at radius 1 is 1.31 bits per heavy atom. The molecule has 1 amide bonds. The molecule has 0 aliphatic carbocycles. The highest BCUT2D eigenvalue weighted by molar-refractivity contribution is 6.02. The van der Waals surface area contributed by atoms with Crippen molar-refractivity contribution in [3.05, 3.63) is 60.4 Å². The summed E-state index contributed by atoms with van der Waals surface area (Å²) < 4.78 is 26.6. The van der Waals surface area contributed by atoms with E-state index in [0.29, 0.717) is 23.6 Å². The van der Waals surface area contributed by atoms with Crippen LogP contribution < -0.4 is 5.32 Å². The zero-order chi connectivity index (χ0) is 17.9. The van der Waals surface area contributed by atoms with E-state index in [1.165, 1.54) is 12.1 Å². The van der Waals surface area contributed by atoms with Crippen molar-refractivity contribution in [2.24, 2.45) is 0 Å². The van der Waals surface area contributed by atoms with E-state index in [0.717, 1.165) is 19.4 Å². The van der Waals surface area contributed by atoms with Gasteiger partial charge in [0.25, 0.3) is 5.91 Å². The monoisotopic (exact) mass is 355 g/mol. The zero-order valence-corrected chi connectivity index (χ0v) is 14.0. The molecule has 1 unspecified atom stereocenters. The maximum absolute atomic E-state index is 13.8. The minimum absolute atomic E-state index is 0.107. The van der Waals surface area contributed by atoms with Gasteiger partial charge in [-0.1, -0.05) is 12.1 Å². The number of carbonyl (C=O) groups is 1. The molecule has 0 radical (unpaired) electrons. The lowest BCUT2D eigenvalue weighted by Gasteiger charge is -2.08. The minimum atomic E-state index is -0.413. The van der Waals surface area contributed by atoms with Crippen LogP contribution in [0, 0.1) is 5.82 Å². The molecule has 0 bridgehead atoms. The molecule has 1 aliphatic rings. The molecule has 1 saturated heterocycles. The molecule has 134 valence electrons. The van der Waals surface area contributed by atoms with Crippen molar-refractivity contribution >= 4 is 11.6 Å². The maximum atomic E-state index is 13.8. The summed E-state index contributed by atoms with van der Waals surface area (Å²) in [5.74, 6) is -0.397. The average Bonchev–Trinajstić information content (AvgIpc) is 3.38. The van der Waals surface area contributed by atoms with Gasteiger partial charge in [-0.3, -0.25) is 9.48 Å². The highest BCUT2D eigenvalue weighted by atomic mass is 19.1. The number of carbonyl (C=O) groups excluding carboxylic acids is 1. The minimum Gasteiger partial charge on any atom is -0.451 e. The number of nitrogens with one attached hydrogen (secondary N) is 1. The van der Waals surface area contributed by atoms with Crippen molar-refractivity contribution in [1.82, 2.24) is 9.78 Å². The zero-order valence-electron chi connectivity index (χ0n) is 14.0. The van der Waals surface area contributed by atoms with Gasteiger partial charge < -0.3 is 14.5 Å².